The number of thiophene rings is 2. The molecule has 1 aliphatic heterocycles. The van der Waals surface area contributed by atoms with E-state index in [9.17, 15) is 4.79 Å². The molecule has 0 spiro atoms. The van der Waals surface area contributed by atoms with Crippen LogP contribution in [0, 0.1) is 13.8 Å². The Kier molecular flexibility index (Phi) is 4.84. The Morgan fingerprint density at radius 2 is 2.17 bits per heavy atom. The molecule has 0 aliphatic carbocycles. The van der Waals surface area contributed by atoms with Gasteiger partial charge in [-0.2, -0.15) is 0 Å². The van der Waals surface area contributed by atoms with Crippen molar-refractivity contribution >= 4 is 50.6 Å². The van der Waals surface area contributed by atoms with E-state index in [1.165, 1.54) is 22.2 Å². The molecule has 0 atom stereocenters. The zero-order valence-electron chi connectivity index (χ0n) is 15.8. The van der Waals surface area contributed by atoms with Crippen LogP contribution in [-0.4, -0.2) is 37.5 Å². The van der Waals surface area contributed by atoms with E-state index in [0.717, 1.165) is 33.1 Å². The number of hydrogen-bond acceptors (Lipinski definition) is 9. The summed E-state index contributed by atoms with van der Waals surface area (Å²) in [5.74, 6) is 1.29. The van der Waals surface area contributed by atoms with Gasteiger partial charge in [-0.05, 0) is 49.0 Å². The highest BCUT2D eigenvalue weighted by atomic mass is 32.2. The number of hydrogen-bond donors (Lipinski definition) is 0. The summed E-state index contributed by atoms with van der Waals surface area (Å²) in [6.45, 7) is 5.29. The lowest BCUT2D eigenvalue weighted by Gasteiger charge is -2.11. The number of amides is 1. The molecule has 4 aromatic heterocycles. The first kappa shape index (κ1) is 18.7. The van der Waals surface area contributed by atoms with Crippen molar-refractivity contribution in [1.29, 1.82) is 0 Å². The Balaban J connectivity index is 1.49. The van der Waals surface area contributed by atoms with Crippen LogP contribution in [0.15, 0.2) is 32.2 Å². The topological polar surface area (TPSA) is 85.0 Å². The van der Waals surface area contributed by atoms with Crippen LogP contribution in [-0.2, 0) is 11.3 Å². The predicted molar refractivity (Wildman–Crippen MR) is 113 cm³/mol. The van der Waals surface area contributed by atoms with Crippen molar-refractivity contribution < 1.29 is 9.21 Å². The van der Waals surface area contributed by atoms with E-state index < -0.39 is 0 Å². The van der Waals surface area contributed by atoms with Crippen molar-refractivity contribution in [3.63, 3.8) is 0 Å². The summed E-state index contributed by atoms with van der Waals surface area (Å²) in [5, 5.41) is 12.6. The Labute approximate surface area is 179 Å². The lowest BCUT2D eigenvalue weighted by molar-refractivity contribution is -0.128. The van der Waals surface area contributed by atoms with E-state index in [2.05, 4.69) is 24.0 Å². The van der Waals surface area contributed by atoms with E-state index >= 15 is 0 Å². The van der Waals surface area contributed by atoms with Gasteiger partial charge in [-0.3, -0.25) is 4.79 Å². The molecule has 1 saturated heterocycles. The van der Waals surface area contributed by atoms with Crippen LogP contribution in [0.2, 0.25) is 0 Å². The van der Waals surface area contributed by atoms with Gasteiger partial charge in [-0.25, -0.2) is 9.97 Å². The predicted octanol–water partition coefficient (Wildman–Crippen LogP) is 4.69. The van der Waals surface area contributed by atoms with Gasteiger partial charge in [-0.1, -0.05) is 6.07 Å². The van der Waals surface area contributed by atoms with Crippen LogP contribution >= 0.6 is 34.4 Å². The van der Waals surface area contributed by atoms with E-state index in [4.69, 9.17) is 14.4 Å². The molecule has 1 aliphatic rings. The van der Waals surface area contributed by atoms with Crippen LogP contribution in [0.5, 0.6) is 0 Å². The van der Waals surface area contributed by atoms with E-state index in [-0.39, 0.29) is 5.91 Å². The first-order valence-corrected chi connectivity index (χ1v) is 11.7. The zero-order chi connectivity index (χ0) is 20.0. The third-order valence-electron chi connectivity index (χ3n) is 4.87. The fourth-order valence-electron chi connectivity index (χ4n) is 3.26. The molecule has 7 nitrogen and oxygen atoms in total. The molecule has 0 N–H and O–H groups in total. The normalized spacial score (nSPS) is 14.4. The van der Waals surface area contributed by atoms with Gasteiger partial charge in [0.25, 0.3) is 5.22 Å². The van der Waals surface area contributed by atoms with Crippen molar-refractivity contribution in [3.05, 3.63) is 33.8 Å². The molecule has 1 fully saturated rings. The summed E-state index contributed by atoms with van der Waals surface area (Å²) in [5.41, 5.74) is 1.17. The summed E-state index contributed by atoms with van der Waals surface area (Å²) in [6, 6.07) is 4.01. The van der Waals surface area contributed by atoms with Crippen LogP contribution in [0.25, 0.3) is 20.9 Å². The third-order valence-corrected chi connectivity index (χ3v) is 7.66. The smallest absolute Gasteiger partial charge is 0.283 e. The van der Waals surface area contributed by atoms with Gasteiger partial charge in [0.15, 0.2) is 5.82 Å². The molecular weight excluding hydrogens is 426 g/mol. The number of aryl methyl sites for hydroxylation is 2. The van der Waals surface area contributed by atoms with Crippen molar-refractivity contribution in [2.24, 2.45) is 0 Å². The number of carbonyl (C=O) groups is 1. The van der Waals surface area contributed by atoms with Crippen LogP contribution in [0.1, 0.15) is 29.2 Å². The second kappa shape index (κ2) is 7.51. The molecule has 148 valence electrons. The van der Waals surface area contributed by atoms with Gasteiger partial charge in [0.1, 0.15) is 9.86 Å². The van der Waals surface area contributed by atoms with Crippen LogP contribution in [0.3, 0.4) is 0 Å². The largest absolute Gasteiger partial charge is 0.414 e. The Morgan fingerprint density at radius 3 is 2.93 bits per heavy atom. The Hall–Kier alpha value is -2.30. The number of carbonyl (C=O) groups excluding carboxylic acids is 1. The molecular formula is C19H17N5O2S3. The highest BCUT2D eigenvalue weighted by Crippen LogP contribution is 2.39. The minimum Gasteiger partial charge on any atom is -0.414 e. The second-order valence-corrected chi connectivity index (χ2v) is 9.87. The maximum absolute atomic E-state index is 11.8. The number of likely N-dealkylation sites (tertiary alicyclic amines) is 1. The summed E-state index contributed by atoms with van der Waals surface area (Å²) in [6.07, 6.45) is 1.48. The molecule has 0 bridgehead atoms. The van der Waals surface area contributed by atoms with Gasteiger partial charge < -0.3 is 9.32 Å². The highest BCUT2D eigenvalue weighted by molar-refractivity contribution is 7.99. The second-order valence-electron chi connectivity index (χ2n) is 6.78. The SMILES string of the molecule is Cc1sc2nc(-c3cccs3)nc(Sc3nnc(CN4CCCC4=O)o3)c2c1C. The van der Waals surface area contributed by atoms with Crippen molar-refractivity contribution in [2.45, 2.75) is 43.5 Å². The maximum atomic E-state index is 11.8. The average Bonchev–Trinajstić information content (AvgIpc) is 3.47. The molecule has 1 amide bonds. The Morgan fingerprint density at radius 1 is 1.28 bits per heavy atom. The van der Waals surface area contributed by atoms with Gasteiger partial charge in [-0.15, -0.1) is 32.9 Å². The number of rotatable bonds is 5. The lowest BCUT2D eigenvalue weighted by atomic mass is 10.2. The first-order valence-electron chi connectivity index (χ1n) is 9.18. The minimum atomic E-state index is 0.139. The van der Waals surface area contributed by atoms with Crippen LogP contribution < -0.4 is 0 Å². The molecule has 10 heteroatoms. The van der Waals surface area contributed by atoms with E-state index in [0.29, 0.717) is 29.9 Å². The van der Waals surface area contributed by atoms with Crippen molar-refractivity contribution in [1.82, 2.24) is 25.1 Å². The number of fused-ring (bicyclic) bond motifs is 1. The summed E-state index contributed by atoms with van der Waals surface area (Å²) >= 11 is 4.64. The summed E-state index contributed by atoms with van der Waals surface area (Å²) in [7, 11) is 0. The van der Waals surface area contributed by atoms with Crippen molar-refractivity contribution in [2.75, 3.05) is 6.54 Å². The molecule has 5 rings (SSSR count). The molecule has 29 heavy (non-hydrogen) atoms. The van der Waals surface area contributed by atoms with E-state index in [1.54, 1.807) is 27.6 Å². The standard InChI is InChI=1S/C19H17N5O2S3/c1-10-11(2)28-17-15(10)18(21-16(20-17)12-5-4-8-27-12)29-19-23-22-13(26-19)9-24-7-3-6-14(24)25/h4-5,8H,3,6-7,9H2,1-2H3. The third kappa shape index (κ3) is 3.56. The summed E-state index contributed by atoms with van der Waals surface area (Å²) < 4.78 is 5.82. The highest BCUT2D eigenvalue weighted by Gasteiger charge is 2.23. The minimum absolute atomic E-state index is 0.139. The van der Waals surface area contributed by atoms with Crippen LogP contribution in [0.4, 0.5) is 0 Å². The molecule has 0 unspecified atom stereocenters. The average molecular weight is 444 g/mol. The fraction of sp³-hybridized carbons (Fsp3) is 0.316. The number of nitrogens with zero attached hydrogens (tertiary/aromatic N) is 5. The van der Waals surface area contributed by atoms with Crippen molar-refractivity contribution in [3.8, 4) is 10.7 Å². The van der Waals surface area contributed by atoms with Gasteiger partial charge in [0.2, 0.25) is 11.8 Å². The Bertz CT molecular complexity index is 1200. The zero-order valence-corrected chi connectivity index (χ0v) is 18.3. The lowest BCUT2D eigenvalue weighted by Crippen LogP contribution is -2.23. The molecule has 4 aromatic rings. The first-order chi connectivity index (χ1) is 14.1. The molecule has 0 aromatic carbocycles. The van der Waals surface area contributed by atoms with Gasteiger partial charge >= 0.3 is 0 Å². The van der Waals surface area contributed by atoms with Gasteiger partial charge in [0.05, 0.1) is 11.4 Å². The molecule has 0 radical (unpaired) electrons. The summed E-state index contributed by atoms with van der Waals surface area (Å²) in [4.78, 5) is 26.4. The quantitative estimate of drug-likeness (QED) is 0.414. The molecule has 5 heterocycles. The maximum Gasteiger partial charge on any atom is 0.283 e. The fourth-order valence-corrected chi connectivity index (χ4v) is 5.88. The molecule has 0 saturated carbocycles. The van der Waals surface area contributed by atoms with Gasteiger partial charge in [0, 0.05) is 23.2 Å². The number of aromatic nitrogens is 4. The monoisotopic (exact) mass is 443 g/mol. The van der Waals surface area contributed by atoms with E-state index in [1.807, 2.05) is 17.5 Å².